The zero-order valence-electron chi connectivity index (χ0n) is 18.5. The summed E-state index contributed by atoms with van der Waals surface area (Å²) in [5.41, 5.74) is 1.47. The van der Waals surface area contributed by atoms with Gasteiger partial charge in [-0.15, -0.1) is 24.0 Å². The van der Waals surface area contributed by atoms with Crippen molar-refractivity contribution in [1.82, 2.24) is 20.0 Å². The minimum Gasteiger partial charge on any atom is -0.355 e. The van der Waals surface area contributed by atoms with E-state index in [1.54, 1.807) is 0 Å². The molecule has 1 N–H and O–H groups in total. The summed E-state index contributed by atoms with van der Waals surface area (Å²) in [6.45, 7) is 13.7. The predicted octanol–water partition coefficient (Wildman–Crippen LogP) is 3.16. The van der Waals surface area contributed by atoms with Crippen molar-refractivity contribution in [3.8, 4) is 0 Å². The van der Waals surface area contributed by atoms with Crippen LogP contribution >= 0.6 is 24.0 Å². The second-order valence-corrected chi connectivity index (χ2v) is 8.37. The van der Waals surface area contributed by atoms with Gasteiger partial charge in [0.05, 0.1) is 0 Å². The molecule has 1 unspecified atom stereocenters. The van der Waals surface area contributed by atoms with Gasteiger partial charge in [-0.2, -0.15) is 0 Å². The van der Waals surface area contributed by atoms with Crippen LogP contribution in [0.4, 0.5) is 0 Å². The molecular weight excluding hydrogens is 473 g/mol. The van der Waals surface area contributed by atoms with Gasteiger partial charge in [0.25, 0.3) is 0 Å². The lowest BCUT2D eigenvalue weighted by Gasteiger charge is -2.39. The summed E-state index contributed by atoms with van der Waals surface area (Å²) in [6, 6.07) is 11.5. The number of rotatable bonds is 6. The third-order valence-electron chi connectivity index (χ3n) is 6.53. The van der Waals surface area contributed by atoms with Gasteiger partial charge in [0.15, 0.2) is 5.96 Å². The highest BCUT2D eigenvalue weighted by molar-refractivity contribution is 14.0. The molecule has 0 bridgehead atoms. The number of nitrogens with zero attached hydrogens (tertiary/aromatic N) is 4. The Morgan fingerprint density at radius 1 is 1.07 bits per heavy atom. The Morgan fingerprint density at radius 3 is 2.31 bits per heavy atom. The molecule has 0 spiro atoms. The lowest BCUT2D eigenvalue weighted by Crippen LogP contribution is -2.54. The largest absolute Gasteiger partial charge is 0.355 e. The van der Waals surface area contributed by atoms with Crippen LogP contribution in [-0.2, 0) is 6.42 Å². The van der Waals surface area contributed by atoms with Crippen molar-refractivity contribution in [3.05, 3.63) is 35.9 Å². The Balaban J connectivity index is 0.00000300. The molecule has 3 rings (SSSR count). The fourth-order valence-electron chi connectivity index (χ4n) is 4.52. The quantitative estimate of drug-likeness (QED) is 0.360. The Kier molecular flexibility index (Phi) is 10.7. The number of guanidine groups is 1. The summed E-state index contributed by atoms with van der Waals surface area (Å²) in [7, 11) is 1.92. The lowest BCUT2D eigenvalue weighted by atomic mass is 9.90. The van der Waals surface area contributed by atoms with E-state index in [1.807, 2.05) is 7.05 Å². The molecule has 2 aliphatic heterocycles. The first-order valence-electron chi connectivity index (χ1n) is 11.2. The van der Waals surface area contributed by atoms with Crippen LogP contribution in [0.1, 0.15) is 32.3 Å². The van der Waals surface area contributed by atoms with E-state index in [0.717, 1.165) is 31.5 Å². The summed E-state index contributed by atoms with van der Waals surface area (Å²) in [5, 5.41) is 3.65. The van der Waals surface area contributed by atoms with Crippen LogP contribution in [-0.4, -0.2) is 86.1 Å². The molecule has 164 valence electrons. The minimum absolute atomic E-state index is 0. The first-order valence-corrected chi connectivity index (χ1v) is 11.2. The van der Waals surface area contributed by atoms with Gasteiger partial charge >= 0.3 is 0 Å². The number of hydrogen-bond acceptors (Lipinski definition) is 3. The van der Waals surface area contributed by atoms with E-state index < -0.39 is 0 Å². The molecule has 0 aliphatic carbocycles. The van der Waals surface area contributed by atoms with Gasteiger partial charge in [-0.1, -0.05) is 37.3 Å². The van der Waals surface area contributed by atoms with Crippen LogP contribution in [0.15, 0.2) is 35.3 Å². The highest BCUT2D eigenvalue weighted by atomic mass is 127. The maximum atomic E-state index is 4.57. The van der Waals surface area contributed by atoms with Crippen molar-refractivity contribution in [1.29, 1.82) is 0 Å². The van der Waals surface area contributed by atoms with Gasteiger partial charge in [-0.05, 0) is 44.2 Å². The first-order chi connectivity index (χ1) is 13.7. The Labute approximate surface area is 194 Å². The lowest BCUT2D eigenvalue weighted by molar-refractivity contribution is 0.106. The van der Waals surface area contributed by atoms with Crippen molar-refractivity contribution < 1.29 is 0 Å². The van der Waals surface area contributed by atoms with Gasteiger partial charge in [-0.25, -0.2) is 0 Å². The molecule has 2 fully saturated rings. The third kappa shape index (κ3) is 7.40. The highest BCUT2D eigenvalue weighted by Gasteiger charge is 2.23. The molecule has 0 radical (unpaired) electrons. The number of likely N-dealkylation sites (tertiary alicyclic amines) is 1. The number of benzene rings is 1. The molecule has 6 heteroatoms. The number of likely N-dealkylation sites (N-methyl/N-ethyl adjacent to an activating group) is 1. The zero-order chi connectivity index (χ0) is 19.8. The molecule has 1 atom stereocenters. The molecule has 0 amide bonds. The maximum absolute atomic E-state index is 4.57. The number of hydrogen-bond donors (Lipinski definition) is 1. The monoisotopic (exact) mass is 513 g/mol. The van der Waals surface area contributed by atoms with Crippen LogP contribution in [0.2, 0.25) is 0 Å². The fourth-order valence-corrected chi connectivity index (χ4v) is 4.52. The van der Waals surface area contributed by atoms with Gasteiger partial charge in [0, 0.05) is 58.9 Å². The minimum atomic E-state index is 0. The van der Waals surface area contributed by atoms with E-state index in [1.165, 1.54) is 57.5 Å². The predicted molar refractivity (Wildman–Crippen MR) is 134 cm³/mol. The van der Waals surface area contributed by atoms with E-state index in [-0.39, 0.29) is 24.0 Å². The second-order valence-electron chi connectivity index (χ2n) is 8.37. The molecule has 2 aliphatic rings. The van der Waals surface area contributed by atoms with Gasteiger partial charge in [0.1, 0.15) is 0 Å². The number of piperidine rings is 1. The summed E-state index contributed by atoms with van der Waals surface area (Å²) < 4.78 is 0. The van der Waals surface area contributed by atoms with E-state index in [0.29, 0.717) is 6.04 Å². The van der Waals surface area contributed by atoms with Crippen LogP contribution in [0.3, 0.4) is 0 Å². The molecule has 2 saturated heterocycles. The van der Waals surface area contributed by atoms with E-state index in [2.05, 4.69) is 69.2 Å². The normalized spacial score (nSPS) is 20.9. The average Bonchev–Trinajstić information content (AvgIpc) is 2.76. The summed E-state index contributed by atoms with van der Waals surface area (Å²) in [5.74, 6) is 1.88. The molecule has 0 aromatic heterocycles. The van der Waals surface area contributed by atoms with Crippen molar-refractivity contribution in [2.75, 3.05) is 59.4 Å². The summed E-state index contributed by atoms with van der Waals surface area (Å²) >= 11 is 0. The molecule has 2 heterocycles. The summed E-state index contributed by atoms with van der Waals surface area (Å²) in [4.78, 5) is 12.2. The third-order valence-corrected chi connectivity index (χ3v) is 6.53. The molecule has 29 heavy (non-hydrogen) atoms. The molecule has 1 aromatic rings. The van der Waals surface area contributed by atoms with Crippen LogP contribution in [0.5, 0.6) is 0 Å². The average molecular weight is 514 g/mol. The zero-order valence-corrected chi connectivity index (χ0v) is 20.8. The van der Waals surface area contributed by atoms with Crippen molar-refractivity contribution in [3.63, 3.8) is 0 Å². The smallest absolute Gasteiger partial charge is 0.193 e. The van der Waals surface area contributed by atoms with E-state index >= 15 is 0 Å². The number of piperazine rings is 1. The highest BCUT2D eigenvalue weighted by Crippen LogP contribution is 2.21. The van der Waals surface area contributed by atoms with Gasteiger partial charge in [0.2, 0.25) is 0 Å². The van der Waals surface area contributed by atoms with Crippen molar-refractivity contribution >= 4 is 29.9 Å². The SMILES string of the molecule is CCN1CCN(C(C)CNC(=NC)N2CCC(Cc3ccccc3)CC2)CC1.I. The number of aliphatic imine (C=N–C) groups is 1. The molecular formula is C23H40IN5. The fraction of sp³-hybridized carbons (Fsp3) is 0.696. The second kappa shape index (κ2) is 12.7. The van der Waals surface area contributed by atoms with Crippen LogP contribution < -0.4 is 5.32 Å². The first kappa shape index (κ1) is 24.4. The Bertz CT molecular complexity index is 593. The Morgan fingerprint density at radius 2 is 1.72 bits per heavy atom. The van der Waals surface area contributed by atoms with Gasteiger partial charge < -0.3 is 15.1 Å². The molecule has 5 nitrogen and oxygen atoms in total. The Hall–Kier alpha value is -0.860. The topological polar surface area (TPSA) is 34.1 Å². The standard InChI is InChI=1S/C23H39N5.HI/c1-4-26-14-16-27(17-15-26)20(2)19-25-23(24-3)28-12-10-22(11-13-28)18-21-8-6-5-7-9-21;/h5-9,20,22H,4,10-19H2,1-3H3,(H,24,25);1H. The van der Waals surface area contributed by atoms with Gasteiger partial charge in [-0.3, -0.25) is 9.89 Å². The summed E-state index contributed by atoms with van der Waals surface area (Å²) in [6.07, 6.45) is 3.72. The van der Waals surface area contributed by atoms with Crippen molar-refractivity contribution in [2.45, 2.75) is 39.2 Å². The number of nitrogens with one attached hydrogen (secondary N) is 1. The number of halogens is 1. The van der Waals surface area contributed by atoms with Crippen LogP contribution in [0.25, 0.3) is 0 Å². The van der Waals surface area contributed by atoms with Crippen molar-refractivity contribution in [2.24, 2.45) is 10.9 Å². The van der Waals surface area contributed by atoms with E-state index in [9.17, 15) is 0 Å². The van der Waals surface area contributed by atoms with E-state index in [4.69, 9.17) is 0 Å². The van der Waals surface area contributed by atoms with Crippen LogP contribution in [0, 0.1) is 5.92 Å². The maximum Gasteiger partial charge on any atom is 0.193 e. The molecule has 0 saturated carbocycles. The molecule has 1 aromatic carbocycles.